The fourth-order valence-corrected chi connectivity index (χ4v) is 3.50. The van der Waals surface area contributed by atoms with Gasteiger partial charge in [0.25, 0.3) is 5.69 Å². The van der Waals surface area contributed by atoms with Crippen LogP contribution in [-0.4, -0.2) is 32.5 Å². The number of hydrogen-bond donors (Lipinski definition) is 2. The third-order valence-corrected chi connectivity index (χ3v) is 4.79. The Kier molecular flexibility index (Phi) is 5.27. The van der Waals surface area contributed by atoms with E-state index in [9.17, 15) is 18.5 Å². The van der Waals surface area contributed by atoms with Gasteiger partial charge in [0.15, 0.2) is 0 Å². The van der Waals surface area contributed by atoms with Gasteiger partial charge in [-0.05, 0) is 24.9 Å². The number of benzene rings is 1. The molecule has 1 aliphatic rings. The van der Waals surface area contributed by atoms with Crippen LogP contribution in [0.2, 0.25) is 0 Å². The van der Waals surface area contributed by atoms with Crippen LogP contribution in [0.15, 0.2) is 24.3 Å². The minimum atomic E-state index is -3.43. The molecule has 1 saturated heterocycles. The summed E-state index contributed by atoms with van der Waals surface area (Å²) in [6.45, 7) is 1.31. The van der Waals surface area contributed by atoms with Gasteiger partial charge in [-0.15, -0.1) is 0 Å². The largest absolute Gasteiger partial charge is 0.313 e. The number of non-ortho nitro benzene ring substituents is 1. The van der Waals surface area contributed by atoms with Gasteiger partial charge in [0.1, 0.15) is 0 Å². The number of nitrogens with one attached hydrogen (secondary N) is 2. The lowest BCUT2D eigenvalue weighted by atomic mass is 10.1. The van der Waals surface area contributed by atoms with Gasteiger partial charge in [-0.3, -0.25) is 10.1 Å². The molecule has 8 heteroatoms. The highest BCUT2D eigenvalue weighted by Gasteiger charge is 2.17. The monoisotopic (exact) mass is 313 g/mol. The lowest BCUT2D eigenvalue weighted by molar-refractivity contribution is -0.384. The number of nitro groups is 1. The molecule has 0 aromatic heterocycles. The summed E-state index contributed by atoms with van der Waals surface area (Å²) in [6, 6.07) is 5.75. The Morgan fingerprint density at radius 1 is 1.29 bits per heavy atom. The molecule has 1 heterocycles. The van der Waals surface area contributed by atoms with E-state index in [0.717, 1.165) is 25.8 Å². The maximum atomic E-state index is 12.0. The zero-order valence-electron chi connectivity index (χ0n) is 11.6. The molecular weight excluding hydrogens is 294 g/mol. The second kappa shape index (κ2) is 6.97. The van der Waals surface area contributed by atoms with Gasteiger partial charge in [-0.1, -0.05) is 18.6 Å². The molecule has 116 valence electrons. The van der Waals surface area contributed by atoms with E-state index >= 15 is 0 Å². The summed E-state index contributed by atoms with van der Waals surface area (Å²) >= 11 is 0. The first-order valence-electron chi connectivity index (χ1n) is 6.90. The molecule has 0 radical (unpaired) electrons. The fourth-order valence-electron chi connectivity index (χ4n) is 2.31. The number of sulfonamides is 1. The van der Waals surface area contributed by atoms with Crippen molar-refractivity contribution in [1.29, 1.82) is 0 Å². The van der Waals surface area contributed by atoms with Crippen molar-refractivity contribution in [3.63, 3.8) is 0 Å². The molecule has 0 aliphatic carbocycles. The van der Waals surface area contributed by atoms with Crippen molar-refractivity contribution in [2.75, 3.05) is 13.1 Å². The molecule has 1 unspecified atom stereocenters. The average molecular weight is 313 g/mol. The van der Waals surface area contributed by atoms with Crippen LogP contribution in [-0.2, 0) is 15.8 Å². The summed E-state index contributed by atoms with van der Waals surface area (Å²) in [6.07, 6.45) is 3.22. The lowest BCUT2D eigenvalue weighted by Gasteiger charge is -2.23. The van der Waals surface area contributed by atoms with Crippen molar-refractivity contribution in [3.05, 3.63) is 39.9 Å². The molecule has 1 aliphatic heterocycles. The van der Waals surface area contributed by atoms with Crippen LogP contribution >= 0.6 is 0 Å². The van der Waals surface area contributed by atoms with Crippen LogP contribution < -0.4 is 10.0 Å². The van der Waals surface area contributed by atoms with Crippen LogP contribution in [0.1, 0.15) is 24.8 Å². The molecule has 2 N–H and O–H groups in total. The molecule has 21 heavy (non-hydrogen) atoms. The van der Waals surface area contributed by atoms with Crippen LogP contribution in [0.5, 0.6) is 0 Å². The molecule has 1 aromatic rings. The molecule has 0 amide bonds. The molecule has 1 fully saturated rings. The zero-order valence-corrected chi connectivity index (χ0v) is 12.4. The van der Waals surface area contributed by atoms with Gasteiger partial charge < -0.3 is 5.32 Å². The third-order valence-electron chi connectivity index (χ3n) is 3.47. The van der Waals surface area contributed by atoms with Gasteiger partial charge in [0.05, 0.1) is 10.7 Å². The maximum Gasteiger partial charge on any atom is 0.269 e. The average Bonchev–Trinajstić information content (AvgIpc) is 2.46. The van der Waals surface area contributed by atoms with Crippen molar-refractivity contribution in [2.45, 2.75) is 31.1 Å². The highest BCUT2D eigenvalue weighted by Crippen LogP contribution is 2.14. The molecule has 1 atom stereocenters. The van der Waals surface area contributed by atoms with E-state index in [1.165, 1.54) is 24.3 Å². The molecule has 0 spiro atoms. The Balaban J connectivity index is 1.89. The van der Waals surface area contributed by atoms with Crippen molar-refractivity contribution in [2.24, 2.45) is 0 Å². The molecule has 0 saturated carbocycles. The molecule has 0 bridgehead atoms. The summed E-state index contributed by atoms with van der Waals surface area (Å²) < 4.78 is 26.6. The van der Waals surface area contributed by atoms with Crippen molar-refractivity contribution in [3.8, 4) is 0 Å². The highest BCUT2D eigenvalue weighted by atomic mass is 32.2. The summed E-state index contributed by atoms with van der Waals surface area (Å²) in [7, 11) is -3.43. The van der Waals surface area contributed by atoms with Crippen molar-refractivity contribution in [1.82, 2.24) is 10.0 Å². The number of rotatable bonds is 6. The van der Waals surface area contributed by atoms with E-state index < -0.39 is 14.9 Å². The number of piperidine rings is 1. The summed E-state index contributed by atoms with van der Waals surface area (Å²) in [4.78, 5) is 10.0. The van der Waals surface area contributed by atoms with Gasteiger partial charge >= 0.3 is 0 Å². The number of hydrogen-bond acceptors (Lipinski definition) is 5. The minimum Gasteiger partial charge on any atom is -0.313 e. The molecule has 2 rings (SSSR count). The second-order valence-corrected chi connectivity index (χ2v) is 6.98. The van der Waals surface area contributed by atoms with Crippen molar-refractivity contribution >= 4 is 15.7 Å². The number of nitrogens with zero attached hydrogens (tertiary/aromatic N) is 1. The Morgan fingerprint density at radius 2 is 2.00 bits per heavy atom. The van der Waals surface area contributed by atoms with Gasteiger partial charge in [-0.2, -0.15) is 0 Å². The quantitative estimate of drug-likeness (QED) is 0.606. The Labute approximate surface area is 123 Å². The Bertz CT molecular complexity index is 580. The van der Waals surface area contributed by atoms with Crippen molar-refractivity contribution < 1.29 is 13.3 Å². The van der Waals surface area contributed by atoms with Gasteiger partial charge in [0, 0.05) is 24.7 Å². The van der Waals surface area contributed by atoms with Crippen LogP contribution in [0.3, 0.4) is 0 Å². The summed E-state index contributed by atoms with van der Waals surface area (Å²) in [5, 5.41) is 13.8. The van der Waals surface area contributed by atoms with E-state index in [1.807, 2.05) is 0 Å². The van der Waals surface area contributed by atoms with Crippen LogP contribution in [0, 0.1) is 10.1 Å². The SMILES string of the molecule is O=[N+]([O-])c1ccc(CS(=O)(=O)NCC2CCCCN2)cc1. The molecule has 1 aromatic carbocycles. The molecule has 7 nitrogen and oxygen atoms in total. The van der Waals surface area contributed by atoms with E-state index in [2.05, 4.69) is 10.0 Å². The predicted octanol–water partition coefficient (Wildman–Crippen LogP) is 1.16. The first kappa shape index (κ1) is 15.9. The fraction of sp³-hybridized carbons (Fsp3) is 0.538. The summed E-state index contributed by atoms with van der Waals surface area (Å²) in [5.74, 6) is -0.169. The van der Waals surface area contributed by atoms with Crippen LogP contribution in [0.4, 0.5) is 5.69 Å². The lowest BCUT2D eigenvalue weighted by Crippen LogP contribution is -2.43. The summed E-state index contributed by atoms with van der Waals surface area (Å²) in [5.41, 5.74) is 0.486. The number of nitro benzene ring substituents is 1. The predicted molar refractivity (Wildman–Crippen MR) is 79.4 cm³/mol. The van der Waals surface area contributed by atoms with Gasteiger partial charge in [0.2, 0.25) is 10.0 Å². The van der Waals surface area contributed by atoms with E-state index in [-0.39, 0.29) is 17.5 Å². The van der Waals surface area contributed by atoms with Gasteiger partial charge in [-0.25, -0.2) is 13.1 Å². The first-order valence-corrected chi connectivity index (χ1v) is 8.55. The zero-order chi connectivity index (χ0) is 15.3. The normalized spacial score (nSPS) is 19.3. The maximum absolute atomic E-state index is 12.0. The second-order valence-electron chi connectivity index (χ2n) is 5.18. The van der Waals surface area contributed by atoms with E-state index in [4.69, 9.17) is 0 Å². The first-order chi connectivity index (χ1) is 9.96. The van der Waals surface area contributed by atoms with E-state index in [1.54, 1.807) is 0 Å². The third kappa shape index (κ3) is 5.07. The standard InChI is InChI=1S/C13H19N3O4S/c17-16(18)13-6-4-11(5-7-13)10-21(19,20)15-9-12-3-1-2-8-14-12/h4-7,12,14-15H,1-3,8-10H2. The molecular formula is C13H19N3O4S. The van der Waals surface area contributed by atoms with E-state index in [0.29, 0.717) is 12.1 Å². The topological polar surface area (TPSA) is 101 Å². The minimum absolute atomic E-state index is 0.0458. The van der Waals surface area contributed by atoms with Crippen LogP contribution in [0.25, 0.3) is 0 Å². The Morgan fingerprint density at radius 3 is 2.57 bits per heavy atom. The smallest absolute Gasteiger partial charge is 0.269 e. The highest BCUT2D eigenvalue weighted by molar-refractivity contribution is 7.88. The Hall–Kier alpha value is -1.51.